The summed E-state index contributed by atoms with van der Waals surface area (Å²) in [7, 11) is 0. The van der Waals surface area contributed by atoms with Gasteiger partial charge >= 0.3 is 5.97 Å². The summed E-state index contributed by atoms with van der Waals surface area (Å²) in [6.45, 7) is 5.04. The predicted octanol–water partition coefficient (Wildman–Crippen LogP) is 3.71. The Morgan fingerprint density at radius 3 is 2.32 bits per heavy atom. The lowest BCUT2D eigenvalue weighted by Gasteiger charge is -2.14. The fraction of sp³-hybridized carbons (Fsp3) is 0.200. The number of benzene rings is 2. The third kappa shape index (κ3) is 4.11. The van der Waals surface area contributed by atoms with Crippen molar-refractivity contribution in [3.8, 4) is 0 Å². The van der Waals surface area contributed by atoms with Crippen molar-refractivity contribution in [3.63, 3.8) is 0 Å². The Bertz CT molecular complexity index is 1090. The van der Waals surface area contributed by atoms with E-state index in [1.165, 1.54) is 25.1 Å². The van der Waals surface area contributed by atoms with Gasteiger partial charge in [-0.05, 0) is 51.1 Å². The van der Waals surface area contributed by atoms with E-state index in [-0.39, 0.29) is 11.3 Å². The third-order valence-corrected chi connectivity index (χ3v) is 4.15. The summed E-state index contributed by atoms with van der Waals surface area (Å²) < 4.78 is 31.3. The van der Waals surface area contributed by atoms with Gasteiger partial charge in [0.1, 0.15) is 0 Å². The van der Waals surface area contributed by atoms with E-state index in [1.807, 2.05) is 13.8 Å². The smallest absolute Gasteiger partial charge is 0.338 e. The summed E-state index contributed by atoms with van der Waals surface area (Å²) in [4.78, 5) is 33.3. The van der Waals surface area contributed by atoms with Gasteiger partial charge in [0.05, 0.1) is 28.0 Å². The molecule has 0 aliphatic rings. The molecule has 0 aliphatic carbocycles. The molecule has 0 saturated carbocycles. The molecule has 3 aromatic rings. The number of anilines is 1. The highest BCUT2D eigenvalue weighted by molar-refractivity contribution is 5.98. The van der Waals surface area contributed by atoms with Gasteiger partial charge in [0.25, 0.3) is 5.91 Å². The van der Waals surface area contributed by atoms with E-state index in [1.54, 1.807) is 6.07 Å². The number of hydrogen-bond acceptors (Lipinski definition) is 5. The zero-order valence-corrected chi connectivity index (χ0v) is 15.4. The first-order chi connectivity index (χ1) is 13.2. The second kappa shape index (κ2) is 7.67. The van der Waals surface area contributed by atoms with E-state index in [0.717, 1.165) is 23.5 Å². The first-order valence-electron chi connectivity index (χ1n) is 8.46. The number of amides is 1. The molecule has 1 atom stereocenters. The van der Waals surface area contributed by atoms with Crippen molar-refractivity contribution < 1.29 is 23.1 Å². The summed E-state index contributed by atoms with van der Waals surface area (Å²) in [6, 6.07) is 7.66. The molecular weight excluding hydrogens is 368 g/mol. The number of esters is 1. The molecule has 2 aromatic carbocycles. The van der Waals surface area contributed by atoms with Crippen molar-refractivity contribution in [3.05, 3.63) is 65.0 Å². The van der Waals surface area contributed by atoms with Gasteiger partial charge in [-0.15, -0.1) is 0 Å². The van der Waals surface area contributed by atoms with Gasteiger partial charge in [0.15, 0.2) is 17.7 Å². The Kier molecular flexibility index (Phi) is 5.30. The Morgan fingerprint density at radius 1 is 0.964 bits per heavy atom. The minimum Gasteiger partial charge on any atom is -0.449 e. The summed E-state index contributed by atoms with van der Waals surface area (Å²) in [5.41, 5.74) is 3.00. The quantitative estimate of drug-likeness (QED) is 0.693. The molecule has 8 heteroatoms. The number of rotatable bonds is 4. The average Bonchev–Trinajstić information content (AvgIpc) is 2.65. The molecular formula is C20H17F2N3O3. The summed E-state index contributed by atoms with van der Waals surface area (Å²) >= 11 is 0. The fourth-order valence-electron chi connectivity index (χ4n) is 2.46. The lowest BCUT2D eigenvalue weighted by atomic mass is 10.2. The standard InChI is InChI=1S/C20H17F2N3O3/c1-10-11(2)24-18-8-13(4-7-17(18)23-10)20(27)28-12(3)19(26)25-14-5-6-15(21)16(22)9-14/h4-9,12H,1-3H3,(H,25,26)/t12-/m0/s1. The molecule has 1 amide bonds. The number of nitrogens with one attached hydrogen (secondary N) is 1. The van der Waals surface area contributed by atoms with Gasteiger partial charge in [0, 0.05) is 11.8 Å². The maximum Gasteiger partial charge on any atom is 0.338 e. The normalized spacial score (nSPS) is 11.9. The lowest BCUT2D eigenvalue weighted by molar-refractivity contribution is -0.123. The van der Waals surface area contributed by atoms with E-state index in [0.29, 0.717) is 11.0 Å². The SMILES string of the molecule is Cc1nc2ccc(C(=O)O[C@@H](C)C(=O)Nc3ccc(F)c(F)c3)cc2nc1C. The van der Waals surface area contributed by atoms with E-state index in [4.69, 9.17) is 4.74 Å². The second-order valence-corrected chi connectivity index (χ2v) is 6.26. The Balaban J connectivity index is 1.70. The molecule has 1 aromatic heterocycles. The molecule has 0 aliphatic heterocycles. The first kappa shape index (κ1) is 19.3. The van der Waals surface area contributed by atoms with Crippen molar-refractivity contribution in [2.75, 3.05) is 5.32 Å². The van der Waals surface area contributed by atoms with Crippen LogP contribution >= 0.6 is 0 Å². The Labute approximate surface area is 159 Å². The van der Waals surface area contributed by atoms with E-state index in [2.05, 4.69) is 15.3 Å². The van der Waals surface area contributed by atoms with Crippen LogP contribution in [0.25, 0.3) is 11.0 Å². The van der Waals surface area contributed by atoms with E-state index < -0.39 is 29.6 Å². The number of fused-ring (bicyclic) bond motifs is 1. The second-order valence-electron chi connectivity index (χ2n) is 6.26. The molecule has 0 radical (unpaired) electrons. The molecule has 0 bridgehead atoms. The van der Waals surface area contributed by atoms with Crippen LogP contribution in [0.3, 0.4) is 0 Å². The maximum absolute atomic E-state index is 13.2. The number of carbonyl (C=O) groups excluding carboxylic acids is 2. The highest BCUT2D eigenvalue weighted by Gasteiger charge is 2.20. The van der Waals surface area contributed by atoms with Crippen molar-refractivity contribution in [2.45, 2.75) is 26.9 Å². The first-order valence-corrected chi connectivity index (χ1v) is 8.46. The maximum atomic E-state index is 13.2. The van der Waals surface area contributed by atoms with Crippen LogP contribution in [0.4, 0.5) is 14.5 Å². The largest absolute Gasteiger partial charge is 0.449 e. The zero-order chi connectivity index (χ0) is 20.4. The Morgan fingerprint density at radius 2 is 1.64 bits per heavy atom. The fourth-order valence-corrected chi connectivity index (χ4v) is 2.46. The third-order valence-electron chi connectivity index (χ3n) is 4.15. The Hall–Kier alpha value is -3.42. The van der Waals surface area contributed by atoms with Gasteiger partial charge in [-0.25, -0.2) is 23.5 Å². The van der Waals surface area contributed by atoms with Crippen LogP contribution in [-0.4, -0.2) is 27.9 Å². The summed E-state index contributed by atoms with van der Waals surface area (Å²) in [5.74, 6) is -3.51. The van der Waals surface area contributed by atoms with Gasteiger partial charge in [0.2, 0.25) is 0 Å². The van der Waals surface area contributed by atoms with Crippen LogP contribution in [0.2, 0.25) is 0 Å². The minimum atomic E-state index is -1.15. The van der Waals surface area contributed by atoms with Crippen molar-refractivity contribution in [1.29, 1.82) is 0 Å². The molecule has 0 spiro atoms. The highest BCUT2D eigenvalue weighted by Crippen LogP contribution is 2.17. The van der Waals surface area contributed by atoms with Crippen LogP contribution in [0.1, 0.15) is 28.7 Å². The molecule has 0 saturated heterocycles. The number of aromatic nitrogens is 2. The zero-order valence-electron chi connectivity index (χ0n) is 15.4. The van der Waals surface area contributed by atoms with E-state index in [9.17, 15) is 18.4 Å². The number of hydrogen-bond donors (Lipinski definition) is 1. The molecule has 28 heavy (non-hydrogen) atoms. The van der Waals surface area contributed by atoms with Gasteiger partial charge < -0.3 is 10.1 Å². The lowest BCUT2D eigenvalue weighted by Crippen LogP contribution is -2.30. The monoisotopic (exact) mass is 385 g/mol. The molecule has 0 fully saturated rings. The predicted molar refractivity (Wildman–Crippen MR) is 98.9 cm³/mol. The molecule has 1 N–H and O–H groups in total. The summed E-state index contributed by atoms with van der Waals surface area (Å²) in [5, 5.41) is 2.36. The molecule has 3 rings (SSSR count). The highest BCUT2D eigenvalue weighted by atomic mass is 19.2. The van der Waals surface area contributed by atoms with Crippen LogP contribution in [-0.2, 0) is 9.53 Å². The van der Waals surface area contributed by atoms with Gasteiger partial charge in [-0.2, -0.15) is 0 Å². The topological polar surface area (TPSA) is 81.2 Å². The van der Waals surface area contributed by atoms with Crippen molar-refractivity contribution in [2.24, 2.45) is 0 Å². The van der Waals surface area contributed by atoms with Crippen molar-refractivity contribution >= 4 is 28.6 Å². The van der Waals surface area contributed by atoms with Crippen LogP contribution in [0, 0.1) is 25.5 Å². The number of carbonyl (C=O) groups is 2. The molecule has 6 nitrogen and oxygen atoms in total. The molecule has 1 heterocycles. The van der Waals surface area contributed by atoms with E-state index >= 15 is 0 Å². The van der Waals surface area contributed by atoms with Gasteiger partial charge in [-0.1, -0.05) is 0 Å². The number of nitrogens with zero attached hydrogens (tertiary/aromatic N) is 2. The minimum absolute atomic E-state index is 0.0543. The van der Waals surface area contributed by atoms with Crippen LogP contribution in [0.5, 0.6) is 0 Å². The molecule has 0 unspecified atom stereocenters. The van der Waals surface area contributed by atoms with Gasteiger partial charge in [-0.3, -0.25) is 4.79 Å². The number of ether oxygens (including phenoxy) is 1. The average molecular weight is 385 g/mol. The van der Waals surface area contributed by atoms with Crippen molar-refractivity contribution in [1.82, 2.24) is 9.97 Å². The number of aryl methyl sites for hydroxylation is 2. The number of halogens is 2. The summed E-state index contributed by atoms with van der Waals surface area (Å²) in [6.07, 6.45) is -1.15. The van der Waals surface area contributed by atoms with Crippen LogP contribution < -0.4 is 5.32 Å². The van der Waals surface area contributed by atoms with Crippen LogP contribution in [0.15, 0.2) is 36.4 Å². The molecule has 144 valence electrons.